The number of carbonyl (C=O) groups excluding carboxylic acids is 6. The number of hydrogen-bond donors (Lipinski definition) is 0. The van der Waals surface area contributed by atoms with E-state index in [1.165, 1.54) is 104 Å². The molecule has 0 radical (unpaired) electrons. The molecule has 53 heavy (non-hydrogen) atoms. The van der Waals surface area contributed by atoms with E-state index in [0.29, 0.717) is 29.9 Å². The first-order chi connectivity index (χ1) is 25.6. The Balaban J connectivity index is 0.00000372. The average molecular weight is 723 g/mol. The molecule has 4 aromatic rings. The molecule has 0 N–H and O–H groups in total. The Bertz CT molecular complexity index is 1860. The van der Waals surface area contributed by atoms with Gasteiger partial charge in [-0.3, -0.25) is 9.59 Å². The summed E-state index contributed by atoms with van der Waals surface area (Å²) in [5.41, 5.74) is 0.809. The summed E-state index contributed by atoms with van der Waals surface area (Å²) >= 11 is 0. The number of hydrogen-bond acceptors (Lipinski definition) is 12. The number of carbonyl (C=O) groups is 6. The van der Waals surface area contributed by atoms with E-state index in [2.05, 4.69) is 19.7 Å². The average Bonchev–Trinajstić information content (AvgIpc) is 3.16. The lowest BCUT2D eigenvalue weighted by molar-refractivity contribution is -0.134. The Hall–Kier alpha value is -6.82. The van der Waals surface area contributed by atoms with E-state index < -0.39 is 35.8 Å². The lowest BCUT2D eigenvalue weighted by atomic mass is 10.1. The van der Waals surface area contributed by atoms with E-state index in [-0.39, 0.29) is 41.4 Å². The Morgan fingerprint density at radius 1 is 0.491 bits per heavy atom. The van der Waals surface area contributed by atoms with Crippen molar-refractivity contribution in [2.75, 3.05) is 6.61 Å². The largest absolute Gasteiger partial charge is 0.462 e. The quantitative estimate of drug-likeness (QED) is 0.0366. The van der Waals surface area contributed by atoms with E-state index in [0.717, 1.165) is 18.9 Å². The molecular formula is C41H38O12. The van der Waals surface area contributed by atoms with Crippen LogP contribution in [0, 0.1) is 0 Å². The van der Waals surface area contributed by atoms with E-state index in [4.69, 9.17) is 28.4 Å². The third-order valence-electron chi connectivity index (χ3n) is 6.90. The normalized spacial score (nSPS) is 9.98. The zero-order valence-electron chi connectivity index (χ0n) is 29.1. The van der Waals surface area contributed by atoms with Gasteiger partial charge in [0.05, 0.1) is 23.3 Å². The minimum absolute atomic E-state index is 0.200. The fourth-order valence-electron chi connectivity index (χ4n) is 4.36. The van der Waals surface area contributed by atoms with Gasteiger partial charge in [-0.05, 0) is 110 Å². The highest BCUT2D eigenvalue weighted by molar-refractivity contribution is 5.92. The van der Waals surface area contributed by atoms with Crippen LogP contribution in [0.15, 0.2) is 123 Å². The summed E-state index contributed by atoms with van der Waals surface area (Å²) in [5, 5.41) is 0. The Kier molecular flexibility index (Phi) is 16.4. The van der Waals surface area contributed by atoms with Crippen LogP contribution in [0.2, 0.25) is 0 Å². The van der Waals surface area contributed by atoms with Crippen molar-refractivity contribution in [3.05, 3.63) is 140 Å². The molecule has 0 aliphatic heterocycles. The summed E-state index contributed by atoms with van der Waals surface area (Å²) in [6.45, 7) is 10.8. The van der Waals surface area contributed by atoms with Crippen LogP contribution in [0.4, 0.5) is 0 Å². The second kappa shape index (κ2) is 21.4. The summed E-state index contributed by atoms with van der Waals surface area (Å²) in [7, 11) is 0. The molecule has 0 saturated carbocycles. The molecule has 0 heterocycles. The molecule has 0 saturated heterocycles. The molecule has 0 aliphatic rings. The highest BCUT2D eigenvalue weighted by atomic mass is 16.6. The lowest BCUT2D eigenvalue weighted by Crippen LogP contribution is -2.10. The van der Waals surface area contributed by atoms with Gasteiger partial charge < -0.3 is 28.4 Å². The minimum atomic E-state index is -0.616. The van der Waals surface area contributed by atoms with Gasteiger partial charge in [-0.25, -0.2) is 19.2 Å². The zero-order valence-corrected chi connectivity index (χ0v) is 29.1. The van der Waals surface area contributed by atoms with Crippen LogP contribution in [0.3, 0.4) is 0 Å². The Morgan fingerprint density at radius 3 is 1.32 bits per heavy atom. The van der Waals surface area contributed by atoms with Gasteiger partial charge in [0, 0.05) is 19.4 Å². The third kappa shape index (κ3) is 14.1. The Labute approximate surface area is 306 Å². The van der Waals surface area contributed by atoms with Crippen molar-refractivity contribution >= 4 is 35.8 Å². The molecule has 0 unspecified atom stereocenters. The highest BCUT2D eigenvalue weighted by Crippen LogP contribution is 2.21. The first kappa shape index (κ1) is 40.6. The predicted octanol–water partition coefficient (Wildman–Crippen LogP) is 7.66. The van der Waals surface area contributed by atoms with E-state index >= 15 is 0 Å². The molecule has 0 bridgehead atoms. The second-order valence-electron chi connectivity index (χ2n) is 10.8. The summed E-state index contributed by atoms with van der Waals surface area (Å²) in [5.74, 6) is -1.86. The van der Waals surface area contributed by atoms with Crippen molar-refractivity contribution in [3.8, 4) is 28.7 Å². The van der Waals surface area contributed by atoms with Crippen LogP contribution in [0.25, 0.3) is 0 Å². The zero-order chi connectivity index (χ0) is 38.6. The number of ether oxygens (including phenoxy) is 6. The van der Waals surface area contributed by atoms with Gasteiger partial charge in [0.25, 0.3) is 0 Å². The van der Waals surface area contributed by atoms with Gasteiger partial charge in [-0.1, -0.05) is 19.4 Å². The van der Waals surface area contributed by atoms with Crippen LogP contribution in [-0.2, 0) is 19.1 Å². The molecule has 0 amide bonds. The summed E-state index contributed by atoms with van der Waals surface area (Å²) in [6.07, 6.45) is 3.89. The van der Waals surface area contributed by atoms with Gasteiger partial charge in [-0.2, -0.15) is 0 Å². The molecule has 12 nitrogen and oxygen atoms in total. The van der Waals surface area contributed by atoms with Crippen molar-refractivity contribution in [3.63, 3.8) is 0 Å². The fourth-order valence-corrected chi connectivity index (χ4v) is 4.36. The van der Waals surface area contributed by atoms with Crippen molar-refractivity contribution < 1.29 is 57.2 Å². The predicted molar refractivity (Wildman–Crippen MR) is 193 cm³/mol. The first-order valence-corrected chi connectivity index (χ1v) is 16.3. The summed E-state index contributed by atoms with van der Waals surface area (Å²) < 4.78 is 31.2. The highest BCUT2D eigenvalue weighted by Gasteiger charge is 2.13. The van der Waals surface area contributed by atoms with Gasteiger partial charge in [-0.15, -0.1) is 13.2 Å². The summed E-state index contributed by atoms with van der Waals surface area (Å²) in [4.78, 5) is 71.7. The Morgan fingerprint density at radius 2 is 0.868 bits per heavy atom. The second-order valence-corrected chi connectivity index (χ2v) is 10.8. The smallest absolute Gasteiger partial charge is 0.343 e. The van der Waals surface area contributed by atoms with Gasteiger partial charge in [0.1, 0.15) is 28.7 Å². The SMILES string of the molecule is C=C.C=CC(=O)Oc1ccc(C(=O)Oc2ccc(OC(=O)CCCCCCOC(=O)c3ccc(OC(=O)c4ccc(OC(C)=O)cc4)cc3)cc2)cc1. The van der Waals surface area contributed by atoms with Crippen molar-refractivity contribution in [1.29, 1.82) is 0 Å². The van der Waals surface area contributed by atoms with Crippen LogP contribution in [0.5, 0.6) is 28.7 Å². The van der Waals surface area contributed by atoms with Crippen molar-refractivity contribution in [2.24, 2.45) is 0 Å². The van der Waals surface area contributed by atoms with Crippen LogP contribution in [-0.4, -0.2) is 42.4 Å². The van der Waals surface area contributed by atoms with Crippen molar-refractivity contribution in [1.82, 2.24) is 0 Å². The maximum atomic E-state index is 12.4. The van der Waals surface area contributed by atoms with E-state index in [1.54, 1.807) is 0 Å². The molecule has 4 rings (SSSR count). The topological polar surface area (TPSA) is 158 Å². The molecule has 0 atom stereocenters. The maximum Gasteiger partial charge on any atom is 0.343 e. The molecular weight excluding hydrogens is 684 g/mol. The molecule has 0 fully saturated rings. The van der Waals surface area contributed by atoms with Crippen molar-refractivity contribution in [2.45, 2.75) is 39.0 Å². The van der Waals surface area contributed by atoms with Gasteiger partial charge >= 0.3 is 35.8 Å². The molecule has 12 heteroatoms. The molecule has 274 valence electrons. The van der Waals surface area contributed by atoms with Crippen LogP contribution >= 0.6 is 0 Å². The number of esters is 6. The monoisotopic (exact) mass is 722 g/mol. The standard InChI is InChI=1S/C39H34O12.C2H4/c1-3-35(41)48-31-17-13-29(14-18-31)39(45)51-34-23-21-32(22-24-34)49-36(42)8-6-4-5-7-25-46-37(43)27-9-19-33(20-10-27)50-38(44)28-11-15-30(16-12-28)47-26(2)40;1-2/h3,9-24H,1,4-8,25H2,2H3;1-2H2. The minimum Gasteiger partial charge on any atom is -0.462 e. The van der Waals surface area contributed by atoms with E-state index in [1.807, 2.05) is 0 Å². The molecule has 0 aliphatic carbocycles. The van der Waals surface area contributed by atoms with Gasteiger partial charge in [0.15, 0.2) is 0 Å². The third-order valence-corrected chi connectivity index (χ3v) is 6.90. The van der Waals surface area contributed by atoms with Crippen LogP contribution < -0.4 is 23.7 Å². The molecule has 0 spiro atoms. The molecule has 4 aromatic carbocycles. The number of unbranched alkanes of at least 4 members (excludes halogenated alkanes) is 3. The lowest BCUT2D eigenvalue weighted by Gasteiger charge is -2.08. The summed E-state index contributed by atoms with van der Waals surface area (Å²) in [6, 6.07) is 23.7. The van der Waals surface area contributed by atoms with Gasteiger partial charge in [0.2, 0.25) is 0 Å². The number of rotatable bonds is 16. The van der Waals surface area contributed by atoms with Crippen LogP contribution in [0.1, 0.15) is 70.1 Å². The van der Waals surface area contributed by atoms with E-state index in [9.17, 15) is 28.8 Å². The molecule has 0 aromatic heterocycles. The first-order valence-electron chi connectivity index (χ1n) is 16.3. The number of benzene rings is 4. The maximum absolute atomic E-state index is 12.4. The fraction of sp³-hybridized carbons (Fsp3) is 0.171.